The Morgan fingerprint density at radius 2 is 1.95 bits per heavy atom. The van der Waals surface area contributed by atoms with Crippen LogP contribution in [-0.4, -0.2) is 32.2 Å². The number of benzene rings is 1. The van der Waals surface area contributed by atoms with E-state index in [1.807, 2.05) is 18.2 Å². The molecule has 1 aromatic carbocycles. The minimum absolute atomic E-state index is 0. The van der Waals surface area contributed by atoms with Crippen LogP contribution in [0.2, 0.25) is 0 Å². The topological polar surface area (TPSA) is 64.3 Å². The monoisotopic (exact) mass is 286 g/mol. The van der Waals surface area contributed by atoms with E-state index in [9.17, 15) is 4.79 Å². The van der Waals surface area contributed by atoms with Crippen molar-refractivity contribution in [1.82, 2.24) is 5.32 Å². The molecule has 0 saturated heterocycles. The van der Waals surface area contributed by atoms with Crippen molar-refractivity contribution >= 4 is 18.3 Å². The third-order valence-electron chi connectivity index (χ3n) is 3.05. The number of halogens is 1. The van der Waals surface area contributed by atoms with Gasteiger partial charge in [-0.05, 0) is 5.56 Å². The molecule has 0 aromatic heterocycles. The van der Waals surface area contributed by atoms with E-state index in [0.717, 1.165) is 0 Å². The van der Waals surface area contributed by atoms with Gasteiger partial charge in [0.1, 0.15) is 6.10 Å². The summed E-state index contributed by atoms with van der Waals surface area (Å²) in [4.78, 5) is 11.8. The van der Waals surface area contributed by atoms with Gasteiger partial charge in [0.05, 0.1) is 0 Å². The van der Waals surface area contributed by atoms with Crippen LogP contribution in [0.5, 0.6) is 0 Å². The van der Waals surface area contributed by atoms with Gasteiger partial charge in [-0.15, -0.1) is 12.4 Å². The standard InChI is InChI=1S/C14H22N2O2.ClH/c1-14(2,11-7-5-4-6-8-11)10-16-13(17)12(9-15)18-3;/h4-8,12H,9-10,15H2,1-3H3,(H,16,17);1H. The zero-order valence-electron chi connectivity index (χ0n) is 11.7. The maximum absolute atomic E-state index is 11.8. The molecule has 1 aromatic rings. The molecule has 1 atom stereocenters. The third-order valence-corrected chi connectivity index (χ3v) is 3.05. The highest BCUT2D eigenvalue weighted by atomic mass is 35.5. The number of hydrogen-bond donors (Lipinski definition) is 2. The Bertz CT molecular complexity index is 378. The first-order valence-corrected chi connectivity index (χ1v) is 6.07. The zero-order valence-corrected chi connectivity index (χ0v) is 12.5. The first kappa shape index (κ1) is 17.9. The average molecular weight is 287 g/mol. The van der Waals surface area contributed by atoms with E-state index in [1.54, 1.807) is 0 Å². The first-order valence-electron chi connectivity index (χ1n) is 6.07. The SMILES string of the molecule is COC(CN)C(=O)NCC(C)(C)c1ccccc1.Cl. The van der Waals surface area contributed by atoms with Gasteiger partial charge in [0.2, 0.25) is 5.91 Å². The van der Waals surface area contributed by atoms with E-state index >= 15 is 0 Å². The summed E-state index contributed by atoms with van der Waals surface area (Å²) in [5.74, 6) is -0.163. The molecule has 1 rings (SSSR count). The second kappa shape index (κ2) is 8.15. The second-order valence-corrected chi connectivity index (χ2v) is 4.93. The maximum Gasteiger partial charge on any atom is 0.250 e. The van der Waals surface area contributed by atoms with E-state index in [2.05, 4.69) is 31.3 Å². The molecule has 108 valence electrons. The number of hydrogen-bond acceptors (Lipinski definition) is 3. The molecule has 0 spiro atoms. The minimum Gasteiger partial charge on any atom is -0.370 e. The van der Waals surface area contributed by atoms with Gasteiger partial charge in [0, 0.05) is 25.6 Å². The van der Waals surface area contributed by atoms with Crippen LogP contribution in [0.25, 0.3) is 0 Å². The Kier molecular flexibility index (Phi) is 7.68. The van der Waals surface area contributed by atoms with Crippen LogP contribution in [0.3, 0.4) is 0 Å². The molecule has 0 aliphatic carbocycles. The highest BCUT2D eigenvalue weighted by molar-refractivity contribution is 5.85. The van der Waals surface area contributed by atoms with Gasteiger partial charge < -0.3 is 15.8 Å². The molecule has 0 saturated carbocycles. The van der Waals surface area contributed by atoms with Crippen LogP contribution < -0.4 is 11.1 Å². The molecule has 19 heavy (non-hydrogen) atoms. The number of ether oxygens (including phenoxy) is 1. The molecule has 0 bridgehead atoms. The van der Waals surface area contributed by atoms with Crippen LogP contribution in [0, 0.1) is 0 Å². The quantitative estimate of drug-likeness (QED) is 0.832. The third kappa shape index (κ3) is 5.19. The van der Waals surface area contributed by atoms with Gasteiger partial charge in [-0.25, -0.2) is 0 Å². The number of carbonyl (C=O) groups excluding carboxylic acids is 1. The number of nitrogens with two attached hydrogens (primary N) is 1. The number of rotatable bonds is 6. The fourth-order valence-electron chi connectivity index (χ4n) is 1.72. The van der Waals surface area contributed by atoms with Crippen LogP contribution in [0.4, 0.5) is 0 Å². The van der Waals surface area contributed by atoms with Crippen molar-refractivity contribution in [2.45, 2.75) is 25.4 Å². The zero-order chi connectivity index (χ0) is 13.6. The van der Waals surface area contributed by atoms with E-state index in [0.29, 0.717) is 6.54 Å². The number of methoxy groups -OCH3 is 1. The lowest BCUT2D eigenvalue weighted by molar-refractivity contribution is -0.130. The van der Waals surface area contributed by atoms with Crippen molar-refractivity contribution in [3.8, 4) is 0 Å². The van der Waals surface area contributed by atoms with Crippen LogP contribution in [0.15, 0.2) is 30.3 Å². The van der Waals surface area contributed by atoms with Gasteiger partial charge in [-0.1, -0.05) is 44.2 Å². The number of amides is 1. The Morgan fingerprint density at radius 3 is 2.42 bits per heavy atom. The van der Waals surface area contributed by atoms with Gasteiger partial charge >= 0.3 is 0 Å². The van der Waals surface area contributed by atoms with Crippen LogP contribution >= 0.6 is 12.4 Å². The molecule has 0 aliphatic heterocycles. The summed E-state index contributed by atoms with van der Waals surface area (Å²) in [6.07, 6.45) is -0.573. The lowest BCUT2D eigenvalue weighted by Gasteiger charge is -2.26. The normalized spacial score (nSPS) is 12.4. The molecule has 5 heteroatoms. The predicted molar refractivity (Wildman–Crippen MR) is 79.6 cm³/mol. The predicted octanol–water partition coefficient (Wildman–Crippen LogP) is 1.48. The number of nitrogens with one attached hydrogen (secondary N) is 1. The van der Waals surface area contributed by atoms with E-state index in [1.165, 1.54) is 12.7 Å². The summed E-state index contributed by atoms with van der Waals surface area (Å²) >= 11 is 0. The van der Waals surface area contributed by atoms with Crippen LogP contribution in [-0.2, 0) is 14.9 Å². The molecule has 1 unspecified atom stereocenters. The van der Waals surface area contributed by atoms with Crippen molar-refractivity contribution in [2.75, 3.05) is 20.2 Å². The van der Waals surface area contributed by atoms with Gasteiger partial charge in [-0.2, -0.15) is 0 Å². The Hall–Kier alpha value is -1.10. The van der Waals surface area contributed by atoms with E-state index in [4.69, 9.17) is 10.5 Å². The van der Waals surface area contributed by atoms with Crippen molar-refractivity contribution in [2.24, 2.45) is 5.73 Å². The molecule has 4 nitrogen and oxygen atoms in total. The summed E-state index contributed by atoms with van der Waals surface area (Å²) in [5.41, 5.74) is 6.51. The average Bonchev–Trinajstić information content (AvgIpc) is 2.39. The lowest BCUT2D eigenvalue weighted by atomic mass is 9.84. The molecule has 3 N–H and O–H groups in total. The first-order chi connectivity index (χ1) is 8.51. The number of carbonyl (C=O) groups is 1. The summed E-state index contributed by atoms with van der Waals surface area (Å²) in [6, 6.07) is 10.1. The van der Waals surface area contributed by atoms with Crippen molar-refractivity contribution < 1.29 is 9.53 Å². The van der Waals surface area contributed by atoms with Gasteiger partial charge in [0.15, 0.2) is 0 Å². The molecular formula is C14H23ClN2O2. The fourth-order valence-corrected chi connectivity index (χ4v) is 1.72. The lowest BCUT2D eigenvalue weighted by Crippen LogP contribution is -2.45. The maximum atomic E-state index is 11.8. The minimum atomic E-state index is -0.573. The van der Waals surface area contributed by atoms with Crippen molar-refractivity contribution in [3.63, 3.8) is 0 Å². The summed E-state index contributed by atoms with van der Waals surface area (Å²) in [7, 11) is 1.49. The molecule has 0 radical (unpaired) electrons. The largest absolute Gasteiger partial charge is 0.370 e. The molecule has 1 amide bonds. The van der Waals surface area contributed by atoms with Crippen molar-refractivity contribution in [3.05, 3.63) is 35.9 Å². The Balaban J connectivity index is 0.00000324. The highest BCUT2D eigenvalue weighted by Crippen LogP contribution is 2.21. The van der Waals surface area contributed by atoms with Crippen molar-refractivity contribution in [1.29, 1.82) is 0 Å². The smallest absolute Gasteiger partial charge is 0.250 e. The summed E-state index contributed by atoms with van der Waals surface area (Å²) in [5, 5.41) is 2.88. The molecular weight excluding hydrogens is 264 g/mol. The molecule has 0 heterocycles. The van der Waals surface area contributed by atoms with Gasteiger partial charge in [-0.3, -0.25) is 4.79 Å². The highest BCUT2D eigenvalue weighted by Gasteiger charge is 2.23. The van der Waals surface area contributed by atoms with E-state index in [-0.39, 0.29) is 30.3 Å². The molecule has 0 aliphatic rings. The fraction of sp³-hybridized carbons (Fsp3) is 0.500. The van der Waals surface area contributed by atoms with Gasteiger partial charge in [0.25, 0.3) is 0 Å². The van der Waals surface area contributed by atoms with Crippen LogP contribution in [0.1, 0.15) is 19.4 Å². The summed E-state index contributed by atoms with van der Waals surface area (Å²) in [6.45, 7) is 4.92. The van der Waals surface area contributed by atoms with E-state index < -0.39 is 6.10 Å². The Morgan fingerprint density at radius 1 is 1.37 bits per heavy atom. The molecule has 0 fully saturated rings. The Labute approximate surface area is 121 Å². The second-order valence-electron chi connectivity index (χ2n) is 4.93. The summed E-state index contributed by atoms with van der Waals surface area (Å²) < 4.78 is 5.00.